The van der Waals surface area contributed by atoms with E-state index in [0.717, 1.165) is 38.6 Å². The van der Waals surface area contributed by atoms with Crippen molar-refractivity contribution in [2.75, 3.05) is 0 Å². The highest BCUT2D eigenvalue weighted by Crippen LogP contribution is 2.47. The fourth-order valence-electron chi connectivity index (χ4n) is 8.94. The molecule has 0 aliphatic carbocycles. The van der Waals surface area contributed by atoms with Crippen LogP contribution in [0.4, 0.5) is 0 Å². The van der Waals surface area contributed by atoms with Crippen LogP contribution in [0.2, 0.25) is 0 Å². The Morgan fingerprint density at radius 3 is 1.75 bits per heavy atom. The normalized spacial score (nSPS) is 12.0. The van der Waals surface area contributed by atoms with E-state index in [1.807, 2.05) is 35.9 Å². The lowest BCUT2D eigenvalue weighted by Crippen LogP contribution is -1.94. The van der Waals surface area contributed by atoms with Crippen molar-refractivity contribution in [3.63, 3.8) is 0 Å². The summed E-state index contributed by atoms with van der Waals surface area (Å²) in [6.45, 7) is 0. The summed E-state index contributed by atoms with van der Waals surface area (Å²) >= 11 is 1.88. The smallest absolute Gasteiger partial charge is 0.0970 e. The minimum atomic E-state index is 0.923. The van der Waals surface area contributed by atoms with E-state index in [-0.39, 0.29) is 0 Å². The Bertz CT molecular complexity index is 3490. The van der Waals surface area contributed by atoms with Crippen molar-refractivity contribution in [1.82, 2.24) is 15.0 Å². The molecule has 12 aromatic rings. The molecule has 0 fully saturated rings. The zero-order chi connectivity index (χ0) is 36.0. The lowest BCUT2D eigenvalue weighted by Gasteiger charge is -2.19. The number of rotatable bonds is 3. The predicted octanol–water partition coefficient (Wildman–Crippen LogP) is 14.2. The van der Waals surface area contributed by atoms with E-state index in [4.69, 9.17) is 15.0 Å². The molecule has 0 aliphatic rings. The first-order valence-electron chi connectivity index (χ1n) is 18.6. The molecule has 0 radical (unpaired) electrons. The second kappa shape index (κ2) is 11.7. The Morgan fingerprint density at radius 2 is 0.982 bits per heavy atom. The van der Waals surface area contributed by atoms with Crippen LogP contribution < -0.4 is 0 Å². The summed E-state index contributed by atoms with van der Waals surface area (Å²) in [5.74, 6) is 0. The van der Waals surface area contributed by atoms with Gasteiger partial charge in [-0.3, -0.25) is 9.97 Å². The van der Waals surface area contributed by atoms with Gasteiger partial charge in [0, 0.05) is 65.1 Å². The van der Waals surface area contributed by atoms with Crippen LogP contribution in [0.1, 0.15) is 0 Å². The van der Waals surface area contributed by atoms with Gasteiger partial charge in [0.2, 0.25) is 0 Å². The molecule has 0 saturated carbocycles. The van der Waals surface area contributed by atoms with Gasteiger partial charge in [-0.2, -0.15) is 0 Å². The molecule has 3 nitrogen and oxygen atoms in total. The van der Waals surface area contributed by atoms with Crippen molar-refractivity contribution in [2.45, 2.75) is 0 Å². The van der Waals surface area contributed by atoms with Crippen LogP contribution in [0.25, 0.3) is 119 Å². The third-order valence-electron chi connectivity index (χ3n) is 11.3. The Labute approximate surface area is 319 Å². The molecule has 0 spiro atoms. The van der Waals surface area contributed by atoms with Gasteiger partial charge in [0.15, 0.2) is 0 Å². The first-order valence-corrected chi connectivity index (χ1v) is 19.4. The number of hydrogen-bond acceptors (Lipinski definition) is 4. The summed E-state index contributed by atoms with van der Waals surface area (Å²) in [5, 5.41) is 13.3. The first-order chi connectivity index (χ1) is 27.3. The van der Waals surface area contributed by atoms with Crippen molar-refractivity contribution in [3.05, 3.63) is 176 Å². The maximum atomic E-state index is 5.32. The molecular weight excluding hydrogens is 687 g/mol. The zero-order valence-corrected chi connectivity index (χ0v) is 30.3. The van der Waals surface area contributed by atoms with Gasteiger partial charge in [-0.15, -0.1) is 11.3 Å². The Balaban J connectivity index is 1.09. The first kappa shape index (κ1) is 30.5. The van der Waals surface area contributed by atoms with Crippen LogP contribution >= 0.6 is 11.3 Å². The van der Waals surface area contributed by atoms with Gasteiger partial charge in [0.25, 0.3) is 0 Å². The fourth-order valence-corrected chi connectivity index (χ4v) is 10.2. The SMILES string of the molecule is c1cnc2c(c1)cc(-c1c3ccccc3c(-c3ccc(-c4nc5ccccc5c5c4ccc4c6ccccc6sc45)cc3)c3ccccc13)c1cccnc12. The number of para-hydroxylation sites is 1. The molecule has 0 unspecified atom stereocenters. The predicted molar refractivity (Wildman–Crippen MR) is 234 cm³/mol. The maximum Gasteiger partial charge on any atom is 0.0970 e. The average molecular weight is 716 g/mol. The van der Waals surface area contributed by atoms with Crippen LogP contribution in [0.15, 0.2) is 176 Å². The molecule has 0 atom stereocenters. The largest absolute Gasteiger partial charge is 0.254 e. The fraction of sp³-hybridized carbons (Fsp3) is 0. The quantitative estimate of drug-likeness (QED) is 0.135. The van der Waals surface area contributed by atoms with Gasteiger partial charge < -0.3 is 0 Å². The van der Waals surface area contributed by atoms with E-state index in [9.17, 15) is 0 Å². The molecule has 12 rings (SSSR count). The molecule has 0 bridgehead atoms. The van der Waals surface area contributed by atoms with Crippen molar-refractivity contribution in [3.8, 4) is 33.5 Å². The van der Waals surface area contributed by atoms with Crippen LogP contribution in [-0.4, -0.2) is 15.0 Å². The van der Waals surface area contributed by atoms with Gasteiger partial charge in [-0.05, 0) is 74.1 Å². The molecular formula is C51H29N3S. The minimum absolute atomic E-state index is 0.923. The van der Waals surface area contributed by atoms with Crippen molar-refractivity contribution in [2.24, 2.45) is 0 Å². The molecule has 4 heteroatoms. The summed E-state index contributed by atoms with van der Waals surface area (Å²) in [6, 6.07) is 59.3. The van der Waals surface area contributed by atoms with Gasteiger partial charge in [-0.1, -0.05) is 133 Å². The van der Waals surface area contributed by atoms with Gasteiger partial charge in [0.05, 0.1) is 22.2 Å². The van der Waals surface area contributed by atoms with Crippen LogP contribution in [0.3, 0.4) is 0 Å². The second-order valence-electron chi connectivity index (χ2n) is 14.3. The lowest BCUT2D eigenvalue weighted by molar-refractivity contribution is 1.37. The van der Waals surface area contributed by atoms with E-state index in [1.165, 1.54) is 80.1 Å². The van der Waals surface area contributed by atoms with Gasteiger partial charge in [0.1, 0.15) is 0 Å². The molecule has 8 aromatic carbocycles. The van der Waals surface area contributed by atoms with Crippen LogP contribution in [-0.2, 0) is 0 Å². The highest BCUT2D eigenvalue weighted by molar-refractivity contribution is 7.26. The Kier molecular flexibility index (Phi) is 6.50. The van der Waals surface area contributed by atoms with E-state index < -0.39 is 0 Å². The number of aromatic nitrogens is 3. The highest BCUT2D eigenvalue weighted by Gasteiger charge is 2.21. The molecule has 4 heterocycles. The second-order valence-corrected chi connectivity index (χ2v) is 15.3. The minimum Gasteiger partial charge on any atom is -0.254 e. The third kappa shape index (κ3) is 4.46. The zero-order valence-electron chi connectivity index (χ0n) is 29.5. The number of thiophene rings is 1. The molecule has 0 aliphatic heterocycles. The molecule has 254 valence electrons. The van der Waals surface area contributed by atoms with Gasteiger partial charge >= 0.3 is 0 Å². The summed E-state index contributed by atoms with van der Waals surface area (Å²) in [4.78, 5) is 14.9. The lowest BCUT2D eigenvalue weighted by atomic mass is 9.84. The highest BCUT2D eigenvalue weighted by atomic mass is 32.1. The maximum absolute atomic E-state index is 5.32. The monoisotopic (exact) mass is 715 g/mol. The average Bonchev–Trinajstić information content (AvgIpc) is 3.64. The summed E-state index contributed by atoms with van der Waals surface area (Å²) < 4.78 is 2.63. The van der Waals surface area contributed by atoms with E-state index in [1.54, 1.807) is 0 Å². The summed E-state index contributed by atoms with van der Waals surface area (Å²) in [5.41, 5.74) is 9.77. The topological polar surface area (TPSA) is 38.7 Å². The van der Waals surface area contributed by atoms with Crippen LogP contribution in [0.5, 0.6) is 0 Å². The van der Waals surface area contributed by atoms with Crippen molar-refractivity contribution in [1.29, 1.82) is 0 Å². The van der Waals surface area contributed by atoms with Crippen molar-refractivity contribution < 1.29 is 0 Å². The molecule has 4 aromatic heterocycles. The third-order valence-corrected chi connectivity index (χ3v) is 12.5. The van der Waals surface area contributed by atoms with E-state index >= 15 is 0 Å². The Morgan fingerprint density at radius 1 is 0.400 bits per heavy atom. The number of pyridine rings is 3. The summed E-state index contributed by atoms with van der Waals surface area (Å²) in [6.07, 6.45) is 3.72. The number of nitrogens with zero attached hydrogens (tertiary/aromatic N) is 3. The van der Waals surface area contributed by atoms with Crippen LogP contribution in [0, 0.1) is 0 Å². The number of benzene rings is 8. The van der Waals surface area contributed by atoms with Gasteiger partial charge in [-0.25, -0.2) is 4.98 Å². The molecule has 55 heavy (non-hydrogen) atoms. The Hall–Kier alpha value is -7.01. The summed E-state index contributed by atoms with van der Waals surface area (Å²) in [7, 11) is 0. The van der Waals surface area contributed by atoms with E-state index in [2.05, 4.69) is 152 Å². The molecule has 0 amide bonds. The van der Waals surface area contributed by atoms with Crippen molar-refractivity contribution >= 4 is 96.5 Å². The number of hydrogen-bond donors (Lipinski definition) is 0. The molecule has 0 saturated heterocycles. The number of fused-ring (bicyclic) bond motifs is 12. The van der Waals surface area contributed by atoms with E-state index in [0.29, 0.717) is 0 Å². The standard InChI is InChI=1S/C51H29N3S/c1-3-15-36-34(13-1)45(35-14-2-4-16-37(35)46(36)42-29-32-11-9-27-52-49(32)50-38(42)18-10-28-53-50)30-21-23-31(24-22-30)48-41-26-25-39-33-12-6-8-20-44(33)55-51(39)47(41)40-17-5-7-19-43(40)54-48/h1-29H. The molecule has 0 N–H and O–H groups in total.